The van der Waals surface area contributed by atoms with Gasteiger partial charge >= 0.3 is 5.97 Å². The SMILES string of the molecule is CC(OC(=O)c1ccc(S(=O)(=O)NC2CC2)o1)C(=O)c1ccc(NS(C)(=O)=O)cc1. The number of ketones is 1. The highest BCUT2D eigenvalue weighted by molar-refractivity contribution is 7.92. The zero-order chi connectivity index (χ0) is 22.1. The van der Waals surface area contributed by atoms with Crippen LogP contribution in [0, 0.1) is 0 Å². The molecule has 2 aromatic rings. The zero-order valence-electron chi connectivity index (χ0n) is 16.1. The fourth-order valence-electron chi connectivity index (χ4n) is 2.48. The summed E-state index contributed by atoms with van der Waals surface area (Å²) >= 11 is 0. The van der Waals surface area contributed by atoms with Crippen LogP contribution in [0.2, 0.25) is 0 Å². The second-order valence-corrected chi connectivity index (χ2v) is 10.3. The van der Waals surface area contributed by atoms with Crippen LogP contribution in [-0.4, -0.2) is 47.0 Å². The first-order chi connectivity index (χ1) is 13.9. The first-order valence-corrected chi connectivity index (χ1v) is 12.3. The van der Waals surface area contributed by atoms with Gasteiger partial charge in [-0.1, -0.05) is 0 Å². The Kier molecular flexibility index (Phi) is 6.01. The minimum absolute atomic E-state index is 0.118. The minimum atomic E-state index is -3.85. The van der Waals surface area contributed by atoms with Gasteiger partial charge in [0.2, 0.25) is 26.7 Å². The summed E-state index contributed by atoms with van der Waals surface area (Å²) in [5, 5.41) is -0.408. The molecule has 3 rings (SSSR count). The summed E-state index contributed by atoms with van der Waals surface area (Å²) in [5.41, 5.74) is 0.480. The van der Waals surface area contributed by atoms with Gasteiger partial charge in [-0.05, 0) is 56.2 Å². The average molecular weight is 456 g/mol. The number of rotatable bonds is 9. The average Bonchev–Trinajstić information content (AvgIpc) is 3.29. The molecule has 0 amide bonds. The third kappa shape index (κ3) is 5.68. The second kappa shape index (κ2) is 8.20. The molecule has 12 heteroatoms. The van der Waals surface area contributed by atoms with Crippen molar-refractivity contribution in [3.63, 3.8) is 0 Å². The number of anilines is 1. The van der Waals surface area contributed by atoms with Crippen molar-refractivity contribution in [3.8, 4) is 0 Å². The van der Waals surface area contributed by atoms with Crippen LogP contribution in [0.25, 0.3) is 0 Å². The molecule has 0 bridgehead atoms. The van der Waals surface area contributed by atoms with Crippen LogP contribution in [0.4, 0.5) is 5.69 Å². The van der Waals surface area contributed by atoms with Crippen LogP contribution in [0.3, 0.4) is 0 Å². The molecule has 30 heavy (non-hydrogen) atoms. The maximum absolute atomic E-state index is 12.4. The van der Waals surface area contributed by atoms with Crippen molar-refractivity contribution >= 4 is 37.5 Å². The number of carbonyl (C=O) groups excluding carboxylic acids is 2. The van der Waals surface area contributed by atoms with E-state index < -0.39 is 43.0 Å². The summed E-state index contributed by atoms with van der Waals surface area (Å²) in [6, 6.07) is 7.77. The maximum atomic E-state index is 12.4. The lowest BCUT2D eigenvalue weighted by Gasteiger charge is -2.12. The van der Waals surface area contributed by atoms with Gasteiger partial charge in [0.05, 0.1) is 6.26 Å². The summed E-state index contributed by atoms with van der Waals surface area (Å²) in [4.78, 5) is 24.7. The van der Waals surface area contributed by atoms with E-state index in [0.717, 1.165) is 31.2 Å². The Bertz CT molecular complexity index is 1160. The summed E-state index contributed by atoms with van der Waals surface area (Å²) in [7, 11) is -7.30. The van der Waals surface area contributed by atoms with E-state index in [1.54, 1.807) is 0 Å². The van der Waals surface area contributed by atoms with Crippen LogP contribution in [-0.2, 0) is 24.8 Å². The van der Waals surface area contributed by atoms with Crippen LogP contribution in [0.1, 0.15) is 40.7 Å². The van der Waals surface area contributed by atoms with Gasteiger partial charge in [-0.15, -0.1) is 0 Å². The van der Waals surface area contributed by atoms with Crippen molar-refractivity contribution in [2.45, 2.75) is 37.0 Å². The molecule has 1 aliphatic carbocycles. The van der Waals surface area contributed by atoms with Crippen LogP contribution in [0.15, 0.2) is 45.9 Å². The fraction of sp³-hybridized carbons (Fsp3) is 0.333. The number of Topliss-reactive ketones (excluding diaryl/α,β-unsaturated/α-hetero) is 1. The number of benzene rings is 1. The lowest BCUT2D eigenvalue weighted by Crippen LogP contribution is -2.25. The number of carbonyl (C=O) groups is 2. The van der Waals surface area contributed by atoms with Crippen molar-refractivity contribution < 1.29 is 35.6 Å². The Morgan fingerprint density at radius 2 is 1.70 bits per heavy atom. The van der Waals surface area contributed by atoms with E-state index in [-0.39, 0.29) is 23.1 Å². The molecule has 2 N–H and O–H groups in total. The summed E-state index contributed by atoms with van der Waals surface area (Å²) in [6.45, 7) is 1.36. The Balaban J connectivity index is 1.63. The minimum Gasteiger partial charge on any atom is -0.448 e. The molecule has 1 fully saturated rings. The van der Waals surface area contributed by atoms with E-state index >= 15 is 0 Å². The smallest absolute Gasteiger partial charge is 0.375 e. The lowest BCUT2D eigenvalue weighted by molar-refractivity contribution is 0.0284. The number of nitrogens with one attached hydrogen (secondary N) is 2. The van der Waals surface area contributed by atoms with E-state index in [0.29, 0.717) is 0 Å². The number of esters is 1. The molecule has 1 aromatic carbocycles. The predicted molar refractivity (Wildman–Crippen MR) is 106 cm³/mol. The number of hydrogen-bond acceptors (Lipinski definition) is 8. The lowest BCUT2D eigenvalue weighted by atomic mass is 10.1. The van der Waals surface area contributed by atoms with Gasteiger partial charge in [-0.2, -0.15) is 0 Å². The quantitative estimate of drug-likeness (QED) is 0.426. The molecule has 162 valence electrons. The van der Waals surface area contributed by atoms with Gasteiger partial charge in [-0.25, -0.2) is 26.4 Å². The number of sulfonamides is 2. The molecule has 0 spiro atoms. The normalized spacial score (nSPS) is 15.4. The van der Waals surface area contributed by atoms with Crippen molar-refractivity contribution in [2.24, 2.45) is 0 Å². The van der Waals surface area contributed by atoms with Gasteiger partial charge in [0.15, 0.2) is 6.10 Å². The zero-order valence-corrected chi connectivity index (χ0v) is 17.7. The Morgan fingerprint density at radius 1 is 1.07 bits per heavy atom. The Labute approximate surface area is 173 Å². The standard InChI is InChI=1S/C18H20N2O8S2/c1-11(17(21)12-3-5-13(6-4-12)19-29(2,23)24)27-18(22)15-9-10-16(28-15)30(25,26)20-14-7-8-14/h3-6,9-11,14,19-20H,7-8H2,1-2H3. The van der Waals surface area contributed by atoms with Crippen molar-refractivity contribution in [1.82, 2.24) is 4.72 Å². The molecule has 1 saturated carbocycles. The molecule has 1 heterocycles. The van der Waals surface area contributed by atoms with Gasteiger partial charge in [0.1, 0.15) is 0 Å². The third-order valence-corrected chi connectivity index (χ3v) is 6.07. The molecule has 1 unspecified atom stereocenters. The van der Waals surface area contributed by atoms with E-state index in [9.17, 15) is 26.4 Å². The predicted octanol–water partition coefficient (Wildman–Crippen LogP) is 1.52. The molecular weight excluding hydrogens is 436 g/mol. The number of furan rings is 1. The molecule has 10 nitrogen and oxygen atoms in total. The molecule has 1 atom stereocenters. The first-order valence-electron chi connectivity index (χ1n) is 8.90. The maximum Gasteiger partial charge on any atom is 0.375 e. The molecule has 1 aliphatic rings. The summed E-state index contributed by atoms with van der Waals surface area (Å²) in [5.74, 6) is -1.86. The van der Waals surface area contributed by atoms with Crippen LogP contribution < -0.4 is 9.44 Å². The first kappa shape index (κ1) is 22.0. The Hall–Kier alpha value is -2.70. The molecular formula is C18H20N2O8S2. The van der Waals surface area contributed by atoms with E-state index in [4.69, 9.17) is 9.15 Å². The highest BCUT2D eigenvalue weighted by Gasteiger charge is 2.31. The largest absolute Gasteiger partial charge is 0.448 e. The summed E-state index contributed by atoms with van der Waals surface area (Å²) < 4.78 is 61.5. The second-order valence-electron chi connectivity index (χ2n) is 6.88. The van der Waals surface area contributed by atoms with Gasteiger partial charge in [-0.3, -0.25) is 9.52 Å². The van der Waals surface area contributed by atoms with E-state index in [1.165, 1.54) is 31.2 Å². The molecule has 0 radical (unpaired) electrons. The fourth-order valence-corrected chi connectivity index (χ4v) is 4.28. The number of ether oxygens (including phenoxy) is 1. The highest BCUT2D eigenvalue weighted by Crippen LogP contribution is 2.23. The van der Waals surface area contributed by atoms with Gasteiger partial charge in [0, 0.05) is 17.3 Å². The number of hydrogen-bond donors (Lipinski definition) is 2. The van der Waals surface area contributed by atoms with Gasteiger partial charge in [0.25, 0.3) is 10.0 Å². The van der Waals surface area contributed by atoms with Gasteiger partial charge < -0.3 is 9.15 Å². The van der Waals surface area contributed by atoms with Crippen LogP contribution >= 0.6 is 0 Å². The molecule has 0 saturated heterocycles. The Morgan fingerprint density at radius 3 is 2.27 bits per heavy atom. The molecule has 1 aromatic heterocycles. The van der Waals surface area contributed by atoms with Crippen molar-refractivity contribution in [2.75, 3.05) is 11.0 Å². The topological polar surface area (TPSA) is 149 Å². The van der Waals surface area contributed by atoms with Crippen molar-refractivity contribution in [3.05, 3.63) is 47.7 Å². The summed E-state index contributed by atoms with van der Waals surface area (Å²) in [6.07, 6.45) is 1.32. The third-order valence-electron chi connectivity index (χ3n) is 4.07. The van der Waals surface area contributed by atoms with Crippen molar-refractivity contribution in [1.29, 1.82) is 0 Å². The van der Waals surface area contributed by atoms with E-state index in [2.05, 4.69) is 9.44 Å². The van der Waals surface area contributed by atoms with E-state index in [1.807, 2.05) is 0 Å². The highest BCUT2D eigenvalue weighted by atomic mass is 32.2. The monoisotopic (exact) mass is 456 g/mol. The van der Waals surface area contributed by atoms with Crippen LogP contribution in [0.5, 0.6) is 0 Å². The molecule has 0 aliphatic heterocycles.